The number of fused-ring (bicyclic) bond motifs is 7. The molecule has 0 spiro atoms. The number of carbonyl (C=O) groups is 1. The van der Waals surface area contributed by atoms with Crippen LogP contribution in [0.15, 0.2) is 0 Å². The third-order valence-corrected chi connectivity index (χ3v) is 13.2. The molecule has 0 aromatic heterocycles. The first-order valence-corrected chi connectivity index (χ1v) is 17.0. The van der Waals surface area contributed by atoms with Gasteiger partial charge >= 0.3 is 5.97 Å². The number of carboxylic acids is 1. The number of aliphatic hydroxyl groups excluding tert-OH is 1. The lowest BCUT2D eigenvalue weighted by atomic mass is 9.33. The second-order valence-electron chi connectivity index (χ2n) is 14.6. The van der Waals surface area contributed by atoms with Crippen LogP contribution in [0.1, 0.15) is 146 Å². The summed E-state index contributed by atoms with van der Waals surface area (Å²) in [6.07, 6.45) is 16.1. The Hall–Kier alpha value is -0.610. The van der Waals surface area contributed by atoms with E-state index in [1.807, 2.05) is 27.7 Å². The number of aliphatic hydroxyl groups is 1. The predicted octanol–water partition coefficient (Wildman–Crippen LogP) is 9.13. The van der Waals surface area contributed by atoms with E-state index in [-0.39, 0.29) is 11.5 Å². The number of aliphatic carboxylic acids is 1. The summed E-state index contributed by atoms with van der Waals surface area (Å²) < 4.78 is 4.86. The molecule has 0 bridgehead atoms. The zero-order chi connectivity index (χ0) is 29.2. The zero-order valence-corrected chi connectivity index (χ0v) is 27.2. The van der Waals surface area contributed by atoms with Crippen molar-refractivity contribution < 1.29 is 19.7 Å². The molecule has 6 fully saturated rings. The summed E-state index contributed by atoms with van der Waals surface area (Å²) in [6.45, 7) is 21.1. The largest absolute Gasteiger partial charge is 0.481 e. The summed E-state index contributed by atoms with van der Waals surface area (Å²) in [4.78, 5) is 12.4. The van der Waals surface area contributed by atoms with Gasteiger partial charge in [0.2, 0.25) is 0 Å². The van der Waals surface area contributed by atoms with Gasteiger partial charge in [0.15, 0.2) is 0 Å². The van der Waals surface area contributed by atoms with Crippen LogP contribution in [0.4, 0.5) is 0 Å². The predicted molar refractivity (Wildman–Crippen MR) is 162 cm³/mol. The topological polar surface area (TPSA) is 70.1 Å². The first-order valence-electron chi connectivity index (χ1n) is 17.0. The van der Waals surface area contributed by atoms with Crippen molar-refractivity contribution in [1.29, 1.82) is 0 Å². The summed E-state index contributed by atoms with van der Waals surface area (Å²) in [5.41, 5.74) is 0.896. The average molecular weight is 549 g/mol. The molecule has 6 rings (SSSR count). The van der Waals surface area contributed by atoms with Crippen LogP contribution in [0.5, 0.6) is 0 Å². The van der Waals surface area contributed by atoms with Crippen LogP contribution in [0, 0.1) is 51.2 Å². The van der Waals surface area contributed by atoms with Gasteiger partial charge in [-0.1, -0.05) is 74.7 Å². The van der Waals surface area contributed by atoms with Gasteiger partial charge in [-0.15, -0.1) is 0 Å². The van der Waals surface area contributed by atoms with E-state index in [0.29, 0.717) is 34.2 Å². The van der Waals surface area contributed by atoms with Gasteiger partial charge in [0.05, 0.1) is 24.2 Å². The van der Waals surface area contributed by atoms with E-state index in [9.17, 15) is 9.90 Å². The first-order chi connectivity index (χ1) is 18.5. The van der Waals surface area contributed by atoms with E-state index in [2.05, 4.69) is 27.7 Å². The van der Waals surface area contributed by atoms with Crippen molar-refractivity contribution in [3.63, 3.8) is 0 Å². The van der Waals surface area contributed by atoms with Crippen molar-refractivity contribution in [2.24, 2.45) is 51.2 Å². The minimum atomic E-state index is -0.471. The van der Waals surface area contributed by atoms with Crippen molar-refractivity contribution >= 4 is 5.97 Å². The average Bonchev–Trinajstić information content (AvgIpc) is 3.59. The maximum atomic E-state index is 12.4. The van der Waals surface area contributed by atoms with E-state index in [1.54, 1.807) is 6.92 Å². The van der Waals surface area contributed by atoms with Gasteiger partial charge in [0.1, 0.15) is 0 Å². The Labute approximate surface area is 241 Å². The van der Waals surface area contributed by atoms with Crippen molar-refractivity contribution in [2.45, 2.75) is 158 Å². The van der Waals surface area contributed by atoms with Crippen LogP contribution in [0.3, 0.4) is 0 Å². The van der Waals surface area contributed by atoms with Crippen LogP contribution in [0.25, 0.3) is 0 Å². The molecule has 5 aliphatic carbocycles. The van der Waals surface area contributed by atoms with Crippen molar-refractivity contribution in [2.75, 3.05) is 6.61 Å². The SMILES string of the molecule is CC.CC.CC(O)CC1CO1.CC1CCCC2(C)C1CCC1(C)C2CCC2C3CCCC3(C(=O)O)CC[C@]21C. The van der Waals surface area contributed by atoms with Crippen LogP contribution in [0.2, 0.25) is 0 Å². The quantitative estimate of drug-likeness (QED) is 0.345. The highest BCUT2D eigenvalue weighted by molar-refractivity contribution is 5.76. The molecule has 4 heteroatoms. The minimum absolute atomic E-state index is 0.188. The number of epoxide rings is 1. The molecule has 0 aromatic rings. The molecular formula is C35H64O4. The fourth-order valence-corrected chi connectivity index (χ4v) is 11.2. The van der Waals surface area contributed by atoms with Gasteiger partial charge in [0, 0.05) is 6.42 Å². The van der Waals surface area contributed by atoms with E-state index in [4.69, 9.17) is 9.84 Å². The van der Waals surface area contributed by atoms with Gasteiger partial charge in [-0.2, -0.15) is 0 Å². The molecular weight excluding hydrogens is 484 g/mol. The Morgan fingerprint density at radius 3 is 2.03 bits per heavy atom. The van der Waals surface area contributed by atoms with Gasteiger partial charge in [0.25, 0.3) is 0 Å². The standard InChI is InChI=1S/C26H42O2.C5H10O2.2C2H6/c1-17-7-5-12-23(2)18(17)11-14-25(4)21(23)10-9-19-20-8-6-13-26(20,22(27)28)16-15-24(19,25)3;1-4(6)2-5-3-7-5;2*1-2/h17-21H,5-16H2,1-4H3,(H,27,28);4-6H,2-3H2,1H3;2*1-2H3/t17?,18?,19?,20?,21?,23?,24-,25?,26?;;;/m1.../s1. The molecule has 0 aromatic carbocycles. The maximum Gasteiger partial charge on any atom is 0.309 e. The molecule has 39 heavy (non-hydrogen) atoms. The van der Waals surface area contributed by atoms with E-state index >= 15 is 0 Å². The molecule has 11 atom stereocenters. The molecule has 1 saturated heterocycles. The van der Waals surface area contributed by atoms with Crippen LogP contribution in [-0.2, 0) is 9.53 Å². The number of carboxylic acid groups (broad SMARTS) is 1. The molecule has 6 aliphatic rings. The van der Waals surface area contributed by atoms with Crippen LogP contribution in [-0.4, -0.2) is 35.0 Å². The lowest BCUT2D eigenvalue weighted by Crippen LogP contribution is -2.64. The fraction of sp³-hybridized carbons (Fsp3) is 0.971. The summed E-state index contributed by atoms with van der Waals surface area (Å²) >= 11 is 0. The molecule has 4 nitrogen and oxygen atoms in total. The van der Waals surface area contributed by atoms with E-state index in [1.165, 1.54) is 51.4 Å². The zero-order valence-electron chi connectivity index (χ0n) is 27.2. The maximum absolute atomic E-state index is 12.4. The number of hydrogen-bond donors (Lipinski definition) is 2. The number of hydrogen-bond acceptors (Lipinski definition) is 3. The third-order valence-electron chi connectivity index (χ3n) is 13.2. The fourth-order valence-electron chi connectivity index (χ4n) is 11.2. The smallest absolute Gasteiger partial charge is 0.309 e. The van der Waals surface area contributed by atoms with Gasteiger partial charge in [-0.05, 0) is 111 Å². The highest BCUT2D eigenvalue weighted by Crippen LogP contribution is 2.75. The summed E-state index contributed by atoms with van der Waals surface area (Å²) in [7, 11) is 0. The lowest BCUT2D eigenvalue weighted by molar-refractivity contribution is -0.227. The molecule has 1 aliphatic heterocycles. The molecule has 2 N–H and O–H groups in total. The summed E-state index contributed by atoms with van der Waals surface area (Å²) in [5, 5.41) is 18.9. The summed E-state index contributed by atoms with van der Waals surface area (Å²) in [5.74, 6) is 3.28. The molecule has 1 heterocycles. The Morgan fingerprint density at radius 1 is 0.821 bits per heavy atom. The van der Waals surface area contributed by atoms with Crippen LogP contribution >= 0.6 is 0 Å². The molecule has 10 unspecified atom stereocenters. The normalized spacial score (nSPS) is 47.9. The monoisotopic (exact) mass is 548 g/mol. The van der Waals surface area contributed by atoms with Gasteiger partial charge in [-0.3, -0.25) is 4.79 Å². The highest BCUT2D eigenvalue weighted by atomic mass is 16.6. The van der Waals surface area contributed by atoms with E-state index in [0.717, 1.165) is 56.5 Å². The lowest BCUT2D eigenvalue weighted by Gasteiger charge is -2.71. The minimum Gasteiger partial charge on any atom is -0.481 e. The van der Waals surface area contributed by atoms with Crippen molar-refractivity contribution in [3.05, 3.63) is 0 Å². The van der Waals surface area contributed by atoms with Gasteiger partial charge < -0.3 is 14.9 Å². The Bertz CT molecular complexity index is 806. The van der Waals surface area contributed by atoms with Crippen LogP contribution < -0.4 is 0 Å². The number of rotatable bonds is 3. The molecule has 5 saturated carbocycles. The Balaban J connectivity index is 0.000000326. The van der Waals surface area contributed by atoms with Gasteiger partial charge in [-0.25, -0.2) is 0 Å². The molecule has 0 amide bonds. The van der Waals surface area contributed by atoms with E-state index < -0.39 is 5.97 Å². The summed E-state index contributed by atoms with van der Waals surface area (Å²) in [6, 6.07) is 0. The third kappa shape index (κ3) is 5.61. The first kappa shape index (κ1) is 32.9. The number of ether oxygens (including phenoxy) is 1. The Kier molecular flexibility index (Phi) is 10.7. The second-order valence-corrected chi connectivity index (χ2v) is 14.6. The highest BCUT2D eigenvalue weighted by Gasteiger charge is 2.69. The molecule has 228 valence electrons. The second kappa shape index (κ2) is 12.7. The molecule has 0 radical (unpaired) electrons. The van der Waals surface area contributed by atoms with Crippen molar-refractivity contribution in [1.82, 2.24) is 0 Å². The Morgan fingerprint density at radius 2 is 1.46 bits per heavy atom. The van der Waals surface area contributed by atoms with Crippen molar-refractivity contribution in [3.8, 4) is 0 Å².